The van der Waals surface area contributed by atoms with Gasteiger partial charge in [-0.2, -0.15) is 4.98 Å². The van der Waals surface area contributed by atoms with Crippen LogP contribution in [0.4, 0.5) is 0 Å². The SMILES string of the molecule is CCOC(c1noc(-c2sc(CN)nc2C)n1)C(C)C. The van der Waals surface area contributed by atoms with Gasteiger partial charge in [0, 0.05) is 13.2 Å². The van der Waals surface area contributed by atoms with Crippen LogP contribution in [0.2, 0.25) is 0 Å². The number of hydrogen-bond donors (Lipinski definition) is 1. The minimum absolute atomic E-state index is 0.153. The second-order valence-corrected chi connectivity index (χ2v) is 5.89. The molecule has 0 spiro atoms. The molecule has 0 saturated carbocycles. The normalized spacial score (nSPS) is 13.1. The molecule has 0 aromatic carbocycles. The van der Waals surface area contributed by atoms with Crippen LogP contribution in [0.15, 0.2) is 4.52 Å². The Morgan fingerprint density at radius 3 is 2.65 bits per heavy atom. The monoisotopic (exact) mass is 296 g/mol. The molecule has 2 heterocycles. The number of ether oxygens (including phenoxy) is 1. The van der Waals surface area contributed by atoms with Gasteiger partial charge in [-0.15, -0.1) is 11.3 Å². The molecule has 0 aliphatic rings. The summed E-state index contributed by atoms with van der Waals surface area (Å²) in [5, 5.41) is 4.91. The van der Waals surface area contributed by atoms with E-state index in [-0.39, 0.29) is 12.0 Å². The summed E-state index contributed by atoms with van der Waals surface area (Å²) in [7, 11) is 0. The van der Waals surface area contributed by atoms with Gasteiger partial charge >= 0.3 is 0 Å². The van der Waals surface area contributed by atoms with Crippen molar-refractivity contribution in [3.05, 3.63) is 16.5 Å². The lowest BCUT2D eigenvalue weighted by atomic mass is 10.1. The second kappa shape index (κ2) is 6.43. The van der Waals surface area contributed by atoms with Crippen LogP contribution >= 0.6 is 11.3 Å². The van der Waals surface area contributed by atoms with E-state index in [1.807, 2.05) is 13.8 Å². The van der Waals surface area contributed by atoms with E-state index in [4.69, 9.17) is 15.0 Å². The van der Waals surface area contributed by atoms with Crippen LogP contribution in [0.3, 0.4) is 0 Å². The van der Waals surface area contributed by atoms with Gasteiger partial charge in [0.25, 0.3) is 5.89 Å². The molecular formula is C13H20N4O2S. The Hall–Kier alpha value is -1.31. The summed E-state index contributed by atoms with van der Waals surface area (Å²) in [5.74, 6) is 1.35. The van der Waals surface area contributed by atoms with E-state index in [0.717, 1.165) is 15.6 Å². The van der Waals surface area contributed by atoms with Gasteiger partial charge in [-0.3, -0.25) is 0 Å². The second-order valence-electron chi connectivity index (χ2n) is 4.80. The summed E-state index contributed by atoms with van der Waals surface area (Å²) >= 11 is 1.49. The van der Waals surface area contributed by atoms with Crippen molar-refractivity contribution in [3.63, 3.8) is 0 Å². The van der Waals surface area contributed by atoms with Crippen LogP contribution in [0.5, 0.6) is 0 Å². The highest BCUT2D eigenvalue weighted by atomic mass is 32.1. The minimum atomic E-state index is -0.153. The van der Waals surface area contributed by atoms with E-state index in [1.54, 1.807) is 0 Å². The van der Waals surface area contributed by atoms with E-state index < -0.39 is 0 Å². The molecule has 0 amide bonds. The minimum Gasteiger partial charge on any atom is -0.370 e. The third kappa shape index (κ3) is 3.05. The Morgan fingerprint density at radius 1 is 1.35 bits per heavy atom. The Kier molecular flexibility index (Phi) is 4.85. The van der Waals surface area contributed by atoms with Crippen molar-refractivity contribution < 1.29 is 9.26 Å². The highest BCUT2D eigenvalue weighted by Gasteiger charge is 2.24. The average molecular weight is 296 g/mol. The molecule has 0 radical (unpaired) electrons. The van der Waals surface area contributed by atoms with Gasteiger partial charge in [0.15, 0.2) is 0 Å². The number of nitrogens with two attached hydrogens (primary N) is 1. The van der Waals surface area contributed by atoms with Crippen molar-refractivity contribution in [3.8, 4) is 10.8 Å². The zero-order valence-electron chi connectivity index (χ0n) is 12.2. The highest BCUT2D eigenvalue weighted by Crippen LogP contribution is 2.31. The quantitative estimate of drug-likeness (QED) is 0.882. The Labute approximate surface area is 122 Å². The first kappa shape index (κ1) is 15.1. The van der Waals surface area contributed by atoms with Crippen LogP contribution in [0.1, 0.15) is 43.4 Å². The topological polar surface area (TPSA) is 87.1 Å². The van der Waals surface area contributed by atoms with Crippen molar-refractivity contribution >= 4 is 11.3 Å². The predicted molar refractivity (Wildman–Crippen MR) is 77.2 cm³/mol. The van der Waals surface area contributed by atoms with Gasteiger partial charge in [0.05, 0.1) is 5.69 Å². The Bertz CT molecular complexity index is 564. The number of hydrogen-bond acceptors (Lipinski definition) is 7. The highest BCUT2D eigenvalue weighted by molar-refractivity contribution is 7.15. The van der Waals surface area contributed by atoms with Gasteiger partial charge in [-0.25, -0.2) is 4.98 Å². The maximum atomic E-state index is 5.68. The van der Waals surface area contributed by atoms with Crippen LogP contribution in [-0.4, -0.2) is 21.7 Å². The average Bonchev–Trinajstić information content (AvgIpc) is 3.01. The van der Waals surface area contributed by atoms with Crippen LogP contribution in [-0.2, 0) is 11.3 Å². The summed E-state index contributed by atoms with van der Waals surface area (Å²) in [6.07, 6.45) is -0.153. The van der Waals surface area contributed by atoms with E-state index in [9.17, 15) is 0 Å². The van der Waals surface area contributed by atoms with Crippen molar-refractivity contribution in [2.24, 2.45) is 11.7 Å². The summed E-state index contributed by atoms with van der Waals surface area (Å²) in [5.41, 5.74) is 6.47. The lowest BCUT2D eigenvalue weighted by Crippen LogP contribution is -2.12. The molecular weight excluding hydrogens is 276 g/mol. The van der Waals surface area contributed by atoms with E-state index in [2.05, 4.69) is 29.0 Å². The molecule has 1 atom stereocenters. The number of aromatic nitrogens is 3. The van der Waals surface area contributed by atoms with Crippen molar-refractivity contribution in [2.45, 2.75) is 40.3 Å². The number of nitrogens with zero attached hydrogens (tertiary/aromatic N) is 3. The molecule has 0 aliphatic carbocycles. The molecule has 0 bridgehead atoms. The lowest BCUT2D eigenvalue weighted by Gasteiger charge is -2.16. The molecule has 2 N–H and O–H groups in total. The summed E-state index contributed by atoms with van der Waals surface area (Å²) in [4.78, 5) is 9.70. The molecule has 2 rings (SSSR count). The number of thiazole rings is 1. The first-order valence-corrected chi connectivity index (χ1v) is 7.50. The van der Waals surface area contributed by atoms with Crippen molar-refractivity contribution in [1.29, 1.82) is 0 Å². The Balaban J connectivity index is 2.29. The standard InChI is InChI=1S/C13H20N4O2S/c1-5-18-10(7(2)3)12-16-13(19-17-12)11-8(4)15-9(6-14)20-11/h7,10H,5-6,14H2,1-4H3. The number of aryl methyl sites for hydroxylation is 1. The maximum absolute atomic E-state index is 5.68. The van der Waals surface area contributed by atoms with Crippen LogP contribution in [0.25, 0.3) is 10.8 Å². The zero-order valence-corrected chi connectivity index (χ0v) is 13.0. The summed E-state index contributed by atoms with van der Waals surface area (Å²) in [6.45, 7) is 9.04. The molecule has 7 heteroatoms. The van der Waals surface area contributed by atoms with Crippen LogP contribution in [0, 0.1) is 12.8 Å². The van der Waals surface area contributed by atoms with E-state index in [0.29, 0.717) is 24.9 Å². The van der Waals surface area contributed by atoms with E-state index in [1.165, 1.54) is 11.3 Å². The summed E-state index contributed by atoms with van der Waals surface area (Å²) < 4.78 is 11.0. The molecule has 0 aliphatic heterocycles. The first-order valence-electron chi connectivity index (χ1n) is 6.68. The molecule has 0 saturated heterocycles. The first-order chi connectivity index (χ1) is 9.56. The molecule has 110 valence electrons. The fraction of sp³-hybridized carbons (Fsp3) is 0.615. The predicted octanol–water partition coefficient (Wildman–Crippen LogP) is 2.69. The zero-order chi connectivity index (χ0) is 14.7. The smallest absolute Gasteiger partial charge is 0.270 e. The van der Waals surface area contributed by atoms with Gasteiger partial charge in [0.2, 0.25) is 5.82 Å². The largest absolute Gasteiger partial charge is 0.370 e. The third-order valence-electron chi connectivity index (χ3n) is 2.86. The van der Waals surface area contributed by atoms with Gasteiger partial charge in [-0.05, 0) is 19.8 Å². The summed E-state index contributed by atoms with van der Waals surface area (Å²) in [6, 6.07) is 0. The lowest BCUT2D eigenvalue weighted by molar-refractivity contribution is 0.0217. The van der Waals surface area contributed by atoms with Crippen LogP contribution < -0.4 is 5.73 Å². The van der Waals surface area contributed by atoms with Gasteiger partial charge in [-0.1, -0.05) is 19.0 Å². The van der Waals surface area contributed by atoms with E-state index >= 15 is 0 Å². The fourth-order valence-electron chi connectivity index (χ4n) is 1.93. The maximum Gasteiger partial charge on any atom is 0.270 e. The van der Waals surface area contributed by atoms with Gasteiger partial charge in [0.1, 0.15) is 16.0 Å². The molecule has 20 heavy (non-hydrogen) atoms. The molecule has 1 unspecified atom stereocenters. The molecule has 0 fully saturated rings. The Morgan fingerprint density at radius 2 is 2.10 bits per heavy atom. The fourth-order valence-corrected chi connectivity index (χ4v) is 2.79. The number of rotatable bonds is 6. The molecule has 2 aromatic heterocycles. The third-order valence-corrected chi connectivity index (χ3v) is 4.03. The molecule has 2 aromatic rings. The van der Waals surface area contributed by atoms with Crippen molar-refractivity contribution in [2.75, 3.05) is 6.61 Å². The van der Waals surface area contributed by atoms with Crippen molar-refractivity contribution in [1.82, 2.24) is 15.1 Å². The van der Waals surface area contributed by atoms with Gasteiger partial charge < -0.3 is 15.0 Å². The molecule has 6 nitrogen and oxygen atoms in total.